The molecule has 0 heterocycles. The molecule has 21 heavy (non-hydrogen) atoms. The van der Waals surface area contributed by atoms with E-state index in [1.165, 1.54) is 7.11 Å². The van der Waals surface area contributed by atoms with Gasteiger partial charge in [0, 0.05) is 15.2 Å². The minimum absolute atomic E-state index is 0.254. The number of carbonyl (C=O) groups is 1. The number of rotatable bonds is 3. The van der Waals surface area contributed by atoms with E-state index in [2.05, 4.69) is 21.2 Å². The van der Waals surface area contributed by atoms with Crippen LogP contribution in [0.3, 0.4) is 0 Å². The molecule has 2 aromatic rings. The van der Waals surface area contributed by atoms with Gasteiger partial charge in [0.15, 0.2) is 0 Å². The first-order valence-electron chi connectivity index (χ1n) is 6.34. The number of hydrogen-bond acceptors (Lipinski definition) is 2. The summed E-state index contributed by atoms with van der Waals surface area (Å²) in [5.74, 6) is 0.234. The Morgan fingerprint density at radius 1 is 1.19 bits per heavy atom. The fourth-order valence-electron chi connectivity index (χ4n) is 2.07. The Labute approximate surface area is 137 Å². The summed E-state index contributed by atoms with van der Waals surface area (Å²) in [5, 5.41) is 3.36. The first-order chi connectivity index (χ1) is 9.92. The smallest absolute Gasteiger partial charge is 0.259 e. The lowest BCUT2D eigenvalue weighted by Gasteiger charge is -2.12. The van der Waals surface area contributed by atoms with Gasteiger partial charge in [-0.1, -0.05) is 27.5 Å². The molecule has 0 aliphatic carbocycles. The maximum atomic E-state index is 12.4. The highest BCUT2D eigenvalue weighted by molar-refractivity contribution is 9.10. The molecule has 0 fully saturated rings. The van der Waals surface area contributed by atoms with Crippen molar-refractivity contribution in [1.82, 2.24) is 0 Å². The lowest BCUT2D eigenvalue weighted by molar-refractivity contribution is 0.102. The number of anilines is 1. The number of benzene rings is 2. The van der Waals surface area contributed by atoms with Gasteiger partial charge >= 0.3 is 0 Å². The topological polar surface area (TPSA) is 38.3 Å². The Hall–Kier alpha value is -1.52. The number of amides is 1. The molecule has 0 unspecified atom stereocenters. The first kappa shape index (κ1) is 15.9. The van der Waals surface area contributed by atoms with E-state index in [4.69, 9.17) is 16.3 Å². The van der Waals surface area contributed by atoms with E-state index in [0.29, 0.717) is 16.3 Å². The molecule has 1 N–H and O–H groups in total. The molecule has 2 aromatic carbocycles. The Balaban J connectivity index is 2.32. The highest BCUT2D eigenvalue weighted by atomic mass is 79.9. The van der Waals surface area contributed by atoms with Crippen LogP contribution in [0.2, 0.25) is 5.02 Å². The van der Waals surface area contributed by atoms with Gasteiger partial charge in [-0.3, -0.25) is 4.79 Å². The molecule has 0 spiro atoms. The van der Waals surface area contributed by atoms with E-state index in [1.807, 2.05) is 26.0 Å². The maximum absolute atomic E-state index is 12.4. The third-order valence-corrected chi connectivity index (χ3v) is 4.59. The number of methoxy groups -OCH3 is 1. The van der Waals surface area contributed by atoms with Crippen LogP contribution in [0.5, 0.6) is 5.75 Å². The molecule has 0 atom stereocenters. The van der Waals surface area contributed by atoms with E-state index in [-0.39, 0.29) is 5.91 Å². The summed E-state index contributed by atoms with van der Waals surface area (Å²) in [4.78, 5) is 12.4. The molecule has 2 rings (SSSR count). The van der Waals surface area contributed by atoms with Crippen molar-refractivity contribution in [3.8, 4) is 5.75 Å². The molecule has 0 aromatic heterocycles. The SMILES string of the molecule is COc1ccc(Cl)cc1C(=O)Nc1cc(C)c(Br)c(C)c1. The van der Waals surface area contributed by atoms with E-state index < -0.39 is 0 Å². The molecule has 1 amide bonds. The molecular formula is C16H15BrClNO2. The van der Waals surface area contributed by atoms with Crippen molar-refractivity contribution in [2.45, 2.75) is 13.8 Å². The fourth-order valence-corrected chi connectivity index (χ4v) is 2.48. The second-order valence-corrected chi connectivity index (χ2v) is 5.95. The largest absolute Gasteiger partial charge is 0.496 e. The summed E-state index contributed by atoms with van der Waals surface area (Å²) in [7, 11) is 1.52. The fraction of sp³-hybridized carbons (Fsp3) is 0.188. The van der Waals surface area contributed by atoms with Crippen LogP contribution in [-0.4, -0.2) is 13.0 Å². The van der Waals surface area contributed by atoms with Crippen molar-refractivity contribution < 1.29 is 9.53 Å². The summed E-state index contributed by atoms with van der Waals surface area (Å²) in [6.07, 6.45) is 0. The highest BCUT2D eigenvalue weighted by Gasteiger charge is 2.14. The maximum Gasteiger partial charge on any atom is 0.259 e. The predicted molar refractivity (Wildman–Crippen MR) is 89.6 cm³/mol. The van der Waals surface area contributed by atoms with Crippen LogP contribution in [0.15, 0.2) is 34.8 Å². The Kier molecular flexibility index (Phi) is 4.91. The van der Waals surface area contributed by atoms with Crippen LogP contribution in [0.4, 0.5) is 5.69 Å². The number of carbonyl (C=O) groups excluding carboxylic acids is 1. The monoisotopic (exact) mass is 367 g/mol. The van der Waals surface area contributed by atoms with Crippen molar-refractivity contribution >= 4 is 39.1 Å². The molecular weight excluding hydrogens is 354 g/mol. The third kappa shape index (κ3) is 3.57. The standard InChI is InChI=1S/C16H15BrClNO2/c1-9-6-12(7-10(2)15(9)17)19-16(20)13-8-11(18)4-5-14(13)21-3/h4-8H,1-3H3,(H,19,20). The number of ether oxygens (including phenoxy) is 1. The van der Waals surface area contributed by atoms with Crippen LogP contribution in [-0.2, 0) is 0 Å². The van der Waals surface area contributed by atoms with Gasteiger partial charge in [-0.15, -0.1) is 0 Å². The van der Waals surface area contributed by atoms with Gasteiger partial charge in [-0.2, -0.15) is 0 Å². The van der Waals surface area contributed by atoms with Crippen LogP contribution in [0, 0.1) is 13.8 Å². The van der Waals surface area contributed by atoms with Gasteiger partial charge in [0.2, 0.25) is 0 Å². The molecule has 110 valence electrons. The number of nitrogens with one attached hydrogen (secondary N) is 1. The summed E-state index contributed by atoms with van der Waals surface area (Å²) >= 11 is 9.46. The van der Waals surface area contributed by atoms with Crippen LogP contribution in [0.25, 0.3) is 0 Å². The van der Waals surface area contributed by atoms with Crippen molar-refractivity contribution in [2.75, 3.05) is 12.4 Å². The molecule has 0 bridgehead atoms. The van der Waals surface area contributed by atoms with Gasteiger partial charge < -0.3 is 10.1 Å². The molecule has 3 nitrogen and oxygen atoms in total. The summed E-state index contributed by atoms with van der Waals surface area (Å²) < 4.78 is 6.24. The van der Waals surface area contributed by atoms with Crippen LogP contribution >= 0.6 is 27.5 Å². The zero-order chi connectivity index (χ0) is 15.6. The average molecular weight is 369 g/mol. The highest BCUT2D eigenvalue weighted by Crippen LogP contribution is 2.27. The first-order valence-corrected chi connectivity index (χ1v) is 7.51. The second-order valence-electron chi connectivity index (χ2n) is 4.72. The van der Waals surface area contributed by atoms with E-state index >= 15 is 0 Å². The lowest BCUT2D eigenvalue weighted by Crippen LogP contribution is -2.13. The normalized spacial score (nSPS) is 10.3. The van der Waals surface area contributed by atoms with Crippen molar-refractivity contribution in [1.29, 1.82) is 0 Å². The van der Waals surface area contributed by atoms with Gasteiger partial charge in [-0.25, -0.2) is 0 Å². The molecule has 0 radical (unpaired) electrons. The van der Waals surface area contributed by atoms with Gasteiger partial charge in [0.1, 0.15) is 5.75 Å². The minimum Gasteiger partial charge on any atom is -0.496 e. The van der Waals surface area contributed by atoms with Crippen LogP contribution in [0.1, 0.15) is 21.5 Å². The Bertz CT molecular complexity index is 678. The van der Waals surface area contributed by atoms with Crippen LogP contribution < -0.4 is 10.1 Å². The number of aryl methyl sites for hydroxylation is 2. The summed E-state index contributed by atoms with van der Waals surface area (Å²) in [6.45, 7) is 3.96. The molecule has 0 aliphatic rings. The van der Waals surface area contributed by atoms with Crippen molar-refractivity contribution in [3.05, 3.63) is 56.5 Å². The van der Waals surface area contributed by atoms with Gasteiger partial charge in [-0.05, 0) is 55.3 Å². The average Bonchev–Trinajstić information content (AvgIpc) is 2.44. The summed E-state index contributed by atoms with van der Waals surface area (Å²) in [6, 6.07) is 8.77. The molecule has 0 saturated carbocycles. The zero-order valence-electron chi connectivity index (χ0n) is 12.0. The predicted octanol–water partition coefficient (Wildman–Crippen LogP) is 4.98. The third-order valence-electron chi connectivity index (χ3n) is 3.10. The van der Waals surface area contributed by atoms with E-state index in [1.54, 1.807) is 18.2 Å². The quantitative estimate of drug-likeness (QED) is 0.829. The number of halogens is 2. The van der Waals surface area contributed by atoms with E-state index in [9.17, 15) is 4.79 Å². The molecule has 0 saturated heterocycles. The second kappa shape index (κ2) is 6.50. The Morgan fingerprint density at radius 2 is 1.81 bits per heavy atom. The van der Waals surface area contributed by atoms with E-state index in [0.717, 1.165) is 21.3 Å². The number of hydrogen-bond donors (Lipinski definition) is 1. The van der Waals surface area contributed by atoms with Crippen molar-refractivity contribution in [3.63, 3.8) is 0 Å². The van der Waals surface area contributed by atoms with Gasteiger partial charge in [0.25, 0.3) is 5.91 Å². The Morgan fingerprint density at radius 3 is 2.38 bits per heavy atom. The zero-order valence-corrected chi connectivity index (χ0v) is 14.3. The summed E-state index contributed by atoms with van der Waals surface area (Å²) in [5.41, 5.74) is 3.26. The van der Waals surface area contributed by atoms with Gasteiger partial charge in [0.05, 0.1) is 12.7 Å². The lowest BCUT2D eigenvalue weighted by atomic mass is 10.1. The van der Waals surface area contributed by atoms with Crippen molar-refractivity contribution in [2.24, 2.45) is 0 Å². The minimum atomic E-state index is -0.254. The molecule has 5 heteroatoms. The molecule has 0 aliphatic heterocycles.